The zero-order valence-electron chi connectivity index (χ0n) is 11.3. The summed E-state index contributed by atoms with van der Waals surface area (Å²) in [7, 11) is -3.30. The average molecular weight is 296 g/mol. The van der Waals surface area contributed by atoms with Gasteiger partial charge in [0.1, 0.15) is 11.1 Å². The Kier molecular flexibility index (Phi) is 3.80. The van der Waals surface area contributed by atoms with Crippen molar-refractivity contribution in [2.75, 3.05) is 6.26 Å². The highest BCUT2D eigenvalue weighted by Crippen LogP contribution is 2.25. The summed E-state index contributed by atoms with van der Waals surface area (Å²) in [5.74, 6) is -0.546. The number of nitrogens with zero attached hydrogens (tertiary/aromatic N) is 2. The van der Waals surface area contributed by atoms with Crippen LogP contribution in [0.4, 0.5) is 0 Å². The highest BCUT2D eigenvalue weighted by Gasteiger charge is 2.24. The van der Waals surface area contributed by atoms with Gasteiger partial charge >= 0.3 is 5.97 Å². The third-order valence-corrected chi connectivity index (χ3v) is 4.73. The molecule has 1 aromatic heterocycles. The van der Waals surface area contributed by atoms with Crippen LogP contribution in [0.15, 0.2) is 24.3 Å². The smallest absolute Gasteiger partial charge is 0.305 e. The molecule has 6 nitrogen and oxygen atoms in total. The van der Waals surface area contributed by atoms with Gasteiger partial charge in [0.05, 0.1) is 17.5 Å². The minimum absolute atomic E-state index is 0.0795. The van der Waals surface area contributed by atoms with Gasteiger partial charge in [-0.2, -0.15) is 0 Å². The summed E-state index contributed by atoms with van der Waals surface area (Å²) < 4.78 is 25.1. The van der Waals surface area contributed by atoms with E-state index in [-0.39, 0.29) is 13.0 Å². The molecule has 1 N–H and O–H groups in total. The number of sulfone groups is 1. The monoisotopic (exact) mass is 296 g/mol. The number of benzene rings is 1. The van der Waals surface area contributed by atoms with E-state index in [1.165, 1.54) is 0 Å². The Balaban J connectivity index is 2.57. The summed E-state index contributed by atoms with van der Waals surface area (Å²) in [6.07, 6.45) is 1.07. The summed E-state index contributed by atoms with van der Waals surface area (Å²) in [6, 6.07) is 7.22. The van der Waals surface area contributed by atoms with Crippen LogP contribution in [0.2, 0.25) is 0 Å². The number of hydrogen-bond acceptors (Lipinski definition) is 4. The molecule has 0 fully saturated rings. The summed E-state index contributed by atoms with van der Waals surface area (Å²) in [5.41, 5.74) is 1.42. The SMILES string of the molecule is CC(c1nc2ccccc2n1CCC(=O)O)S(C)(=O)=O. The second-order valence-electron chi connectivity index (χ2n) is 4.73. The van der Waals surface area contributed by atoms with Gasteiger partial charge in [-0.05, 0) is 19.1 Å². The number of aryl methyl sites for hydroxylation is 1. The Bertz CT molecular complexity index is 749. The largest absolute Gasteiger partial charge is 0.481 e. The summed E-state index contributed by atoms with van der Waals surface area (Å²) in [5, 5.41) is 8.05. The van der Waals surface area contributed by atoms with Crippen LogP contribution in [0.25, 0.3) is 11.0 Å². The van der Waals surface area contributed by atoms with E-state index < -0.39 is 21.1 Å². The van der Waals surface area contributed by atoms with E-state index >= 15 is 0 Å². The standard InChI is InChI=1S/C13H16N2O4S/c1-9(20(2,18)19)13-14-10-5-3-4-6-11(10)15(13)8-7-12(16)17/h3-6,9H,7-8H2,1-2H3,(H,16,17). The average Bonchev–Trinajstić information content (AvgIpc) is 2.72. The third-order valence-electron chi connectivity index (χ3n) is 3.24. The molecule has 2 aromatic rings. The van der Waals surface area contributed by atoms with Gasteiger partial charge in [0, 0.05) is 12.8 Å². The molecule has 0 spiro atoms. The number of aromatic nitrogens is 2. The normalized spacial score (nSPS) is 13.5. The Morgan fingerprint density at radius 1 is 1.40 bits per heavy atom. The molecular weight excluding hydrogens is 280 g/mol. The van der Waals surface area contributed by atoms with Crippen LogP contribution in [0.3, 0.4) is 0 Å². The number of carboxylic acid groups (broad SMARTS) is 1. The summed E-state index contributed by atoms with van der Waals surface area (Å²) >= 11 is 0. The number of carboxylic acids is 1. The van der Waals surface area contributed by atoms with Crippen molar-refractivity contribution in [3.63, 3.8) is 0 Å². The second-order valence-corrected chi connectivity index (χ2v) is 7.09. The number of fused-ring (bicyclic) bond motifs is 1. The highest BCUT2D eigenvalue weighted by atomic mass is 32.2. The molecular formula is C13H16N2O4S. The van der Waals surface area contributed by atoms with Gasteiger partial charge in [0.25, 0.3) is 0 Å². The first-order chi connectivity index (χ1) is 9.30. The molecule has 1 atom stereocenters. The van der Waals surface area contributed by atoms with Gasteiger partial charge in [-0.15, -0.1) is 0 Å². The van der Waals surface area contributed by atoms with Crippen molar-refractivity contribution >= 4 is 26.8 Å². The third kappa shape index (κ3) is 2.82. The topological polar surface area (TPSA) is 89.3 Å². The maximum Gasteiger partial charge on any atom is 0.305 e. The Morgan fingerprint density at radius 3 is 2.65 bits per heavy atom. The molecule has 0 aliphatic carbocycles. The Hall–Kier alpha value is -1.89. The predicted octanol–water partition coefficient (Wildman–Crippen LogP) is 1.62. The number of aliphatic carboxylic acids is 1. The van der Waals surface area contributed by atoms with Crippen molar-refractivity contribution in [2.45, 2.75) is 25.1 Å². The second kappa shape index (κ2) is 5.24. The molecule has 0 amide bonds. The first-order valence-corrected chi connectivity index (χ1v) is 8.12. The lowest BCUT2D eigenvalue weighted by atomic mass is 10.3. The molecule has 0 saturated carbocycles. The van der Waals surface area contributed by atoms with Crippen molar-refractivity contribution in [3.05, 3.63) is 30.1 Å². The number of carbonyl (C=O) groups is 1. The van der Waals surface area contributed by atoms with Gasteiger partial charge in [-0.3, -0.25) is 4.79 Å². The fourth-order valence-corrected chi connectivity index (χ4v) is 2.60. The summed E-state index contributed by atoms with van der Waals surface area (Å²) in [6.45, 7) is 1.76. The van der Waals surface area contributed by atoms with Crippen molar-refractivity contribution in [3.8, 4) is 0 Å². The van der Waals surface area contributed by atoms with Crippen LogP contribution in [0.1, 0.15) is 24.4 Å². The molecule has 108 valence electrons. The van der Waals surface area contributed by atoms with Crippen LogP contribution < -0.4 is 0 Å². The van der Waals surface area contributed by atoms with Crippen molar-refractivity contribution in [1.29, 1.82) is 0 Å². The molecule has 20 heavy (non-hydrogen) atoms. The van der Waals surface area contributed by atoms with E-state index in [4.69, 9.17) is 5.11 Å². The molecule has 1 heterocycles. The predicted molar refractivity (Wildman–Crippen MR) is 75.2 cm³/mol. The van der Waals surface area contributed by atoms with E-state index in [1.807, 2.05) is 18.2 Å². The van der Waals surface area contributed by atoms with Crippen LogP contribution in [0.5, 0.6) is 0 Å². The minimum Gasteiger partial charge on any atom is -0.481 e. The van der Waals surface area contributed by atoms with E-state index in [0.29, 0.717) is 11.3 Å². The lowest BCUT2D eigenvalue weighted by molar-refractivity contribution is -0.137. The molecule has 0 aliphatic heterocycles. The van der Waals surface area contributed by atoms with Crippen LogP contribution in [-0.4, -0.2) is 35.3 Å². The molecule has 1 aromatic carbocycles. The van der Waals surface area contributed by atoms with Crippen LogP contribution in [-0.2, 0) is 21.2 Å². The van der Waals surface area contributed by atoms with Gasteiger partial charge < -0.3 is 9.67 Å². The first-order valence-electron chi connectivity index (χ1n) is 6.16. The van der Waals surface area contributed by atoms with Crippen molar-refractivity contribution in [1.82, 2.24) is 9.55 Å². The minimum atomic E-state index is -3.30. The molecule has 0 aliphatic rings. The zero-order valence-corrected chi connectivity index (χ0v) is 12.1. The lowest BCUT2D eigenvalue weighted by Gasteiger charge is -2.12. The maximum atomic E-state index is 11.7. The van der Waals surface area contributed by atoms with E-state index in [9.17, 15) is 13.2 Å². The van der Waals surface area contributed by atoms with Crippen LogP contribution >= 0.6 is 0 Å². The number of rotatable bonds is 5. The van der Waals surface area contributed by atoms with Crippen molar-refractivity contribution in [2.24, 2.45) is 0 Å². The van der Waals surface area contributed by atoms with Gasteiger partial charge in [-0.1, -0.05) is 12.1 Å². The number of imidazole rings is 1. The molecule has 0 bridgehead atoms. The van der Waals surface area contributed by atoms with Gasteiger partial charge in [0.2, 0.25) is 0 Å². The Morgan fingerprint density at radius 2 is 2.05 bits per heavy atom. The molecule has 7 heteroatoms. The Labute approximate surface area is 117 Å². The number of para-hydroxylation sites is 2. The molecule has 2 rings (SSSR count). The van der Waals surface area contributed by atoms with Crippen molar-refractivity contribution < 1.29 is 18.3 Å². The van der Waals surface area contributed by atoms with Crippen LogP contribution in [0, 0.1) is 0 Å². The van der Waals surface area contributed by atoms with Gasteiger partial charge in [0.15, 0.2) is 9.84 Å². The molecule has 0 saturated heterocycles. The zero-order chi connectivity index (χ0) is 14.9. The fraction of sp³-hybridized carbons (Fsp3) is 0.385. The molecule has 1 unspecified atom stereocenters. The van der Waals surface area contributed by atoms with E-state index in [1.54, 1.807) is 17.6 Å². The van der Waals surface area contributed by atoms with Gasteiger partial charge in [-0.25, -0.2) is 13.4 Å². The maximum absolute atomic E-state index is 11.7. The highest BCUT2D eigenvalue weighted by molar-refractivity contribution is 7.90. The number of hydrogen-bond donors (Lipinski definition) is 1. The van der Waals surface area contributed by atoms with E-state index in [2.05, 4.69) is 4.98 Å². The fourth-order valence-electron chi connectivity index (χ4n) is 2.04. The lowest BCUT2D eigenvalue weighted by Crippen LogP contribution is -2.15. The summed E-state index contributed by atoms with van der Waals surface area (Å²) in [4.78, 5) is 15.1. The first kappa shape index (κ1) is 14.5. The quantitative estimate of drug-likeness (QED) is 0.905. The van der Waals surface area contributed by atoms with E-state index in [0.717, 1.165) is 11.8 Å². The molecule has 0 radical (unpaired) electrons.